The summed E-state index contributed by atoms with van der Waals surface area (Å²) in [7, 11) is 4.60. The highest BCUT2D eigenvalue weighted by Crippen LogP contribution is 2.69. The largest absolute Gasteiger partial charge is 0.306 e. The molecule has 0 aliphatic heterocycles. The molecule has 4 aliphatic carbocycles. The van der Waals surface area contributed by atoms with Gasteiger partial charge in [0, 0.05) is 6.04 Å². The van der Waals surface area contributed by atoms with E-state index in [2.05, 4.69) is 75.3 Å². The summed E-state index contributed by atoms with van der Waals surface area (Å²) in [6, 6.07) is 17.1. The molecule has 0 heterocycles. The lowest BCUT2D eigenvalue weighted by Gasteiger charge is -2.61. The maximum absolute atomic E-state index is 2.72. The molecule has 172 valence electrons. The highest BCUT2D eigenvalue weighted by molar-refractivity contribution is 5.83. The summed E-state index contributed by atoms with van der Waals surface area (Å²) in [5, 5.41) is 2.82. The van der Waals surface area contributed by atoms with E-state index < -0.39 is 0 Å². The molecule has 0 bridgehead atoms. The molecule has 0 saturated heterocycles. The summed E-state index contributed by atoms with van der Waals surface area (Å²) in [4.78, 5) is 2.51. The van der Waals surface area contributed by atoms with Gasteiger partial charge in [0.1, 0.15) is 0 Å². The molecule has 32 heavy (non-hydrogen) atoms. The minimum atomic E-state index is 0.508. The van der Waals surface area contributed by atoms with Crippen LogP contribution in [0.1, 0.15) is 83.1 Å². The SMILES string of the molecule is CN(C)[C@@H]1CC[C@@]2(C)[C@@H](CC[C@@H]3[C@@H]2CC[C@]2(C)[C@@H](c4ccc5ccccc5c4)CC[C@@H]32)C1. The first-order valence-corrected chi connectivity index (χ1v) is 13.6. The Morgan fingerprint density at radius 3 is 2.31 bits per heavy atom. The van der Waals surface area contributed by atoms with Gasteiger partial charge < -0.3 is 4.90 Å². The topological polar surface area (TPSA) is 3.24 Å². The Kier molecular flexibility index (Phi) is 5.03. The summed E-state index contributed by atoms with van der Waals surface area (Å²) in [5.74, 6) is 4.64. The van der Waals surface area contributed by atoms with Crippen molar-refractivity contribution < 1.29 is 0 Å². The predicted octanol–water partition coefficient (Wildman–Crippen LogP) is 7.90. The maximum atomic E-state index is 2.72. The second-order valence-electron chi connectivity index (χ2n) is 12.8. The van der Waals surface area contributed by atoms with E-state index >= 15 is 0 Å². The monoisotopic (exact) mass is 429 g/mol. The highest BCUT2D eigenvalue weighted by atomic mass is 15.1. The summed E-state index contributed by atoms with van der Waals surface area (Å²) in [5.41, 5.74) is 2.74. The van der Waals surface area contributed by atoms with Crippen LogP contribution in [0.15, 0.2) is 42.5 Å². The summed E-state index contributed by atoms with van der Waals surface area (Å²) < 4.78 is 0. The first-order chi connectivity index (χ1) is 15.4. The van der Waals surface area contributed by atoms with E-state index in [1.165, 1.54) is 68.6 Å². The van der Waals surface area contributed by atoms with Crippen LogP contribution in [-0.2, 0) is 0 Å². The van der Waals surface area contributed by atoms with Crippen molar-refractivity contribution in [3.63, 3.8) is 0 Å². The fourth-order valence-electron chi connectivity index (χ4n) is 9.68. The molecular formula is C31H43N. The average molecular weight is 430 g/mol. The number of rotatable bonds is 2. The second-order valence-corrected chi connectivity index (χ2v) is 12.8. The number of hydrogen-bond acceptors (Lipinski definition) is 1. The van der Waals surface area contributed by atoms with Crippen molar-refractivity contribution in [2.75, 3.05) is 14.1 Å². The van der Waals surface area contributed by atoms with Crippen molar-refractivity contribution in [3.8, 4) is 0 Å². The zero-order valence-corrected chi connectivity index (χ0v) is 20.8. The third-order valence-electron chi connectivity index (χ3n) is 11.5. The van der Waals surface area contributed by atoms with Gasteiger partial charge in [-0.25, -0.2) is 0 Å². The molecule has 4 saturated carbocycles. The molecule has 2 aromatic carbocycles. The second kappa shape index (κ2) is 7.59. The number of nitrogens with zero attached hydrogens (tertiary/aromatic N) is 1. The molecule has 0 radical (unpaired) electrons. The molecule has 0 aromatic heterocycles. The van der Waals surface area contributed by atoms with Gasteiger partial charge in [-0.3, -0.25) is 0 Å². The van der Waals surface area contributed by atoms with Gasteiger partial charge in [0.05, 0.1) is 0 Å². The highest BCUT2D eigenvalue weighted by Gasteiger charge is 2.60. The Hall–Kier alpha value is -1.34. The molecule has 0 amide bonds. The molecule has 0 spiro atoms. The standard InChI is InChI=1S/C31H43N/c1-30-17-15-25(32(3)4)20-24(30)11-12-26-28-14-13-27(31(28,2)18-16-29(26)30)23-10-9-21-7-5-6-8-22(21)19-23/h5-10,19,24-29H,11-18,20H2,1-4H3/t24-,25+,26-,27+,28-,29-,30-,31+/m0/s1. The molecule has 1 heteroatoms. The van der Waals surface area contributed by atoms with Crippen LogP contribution in [0, 0.1) is 34.5 Å². The van der Waals surface area contributed by atoms with Crippen molar-refractivity contribution in [1.29, 1.82) is 0 Å². The third-order valence-corrected chi connectivity index (χ3v) is 11.5. The van der Waals surface area contributed by atoms with Gasteiger partial charge in [-0.15, -0.1) is 0 Å². The normalized spacial score (nSPS) is 43.7. The van der Waals surface area contributed by atoms with E-state index in [1.54, 1.807) is 5.56 Å². The fraction of sp³-hybridized carbons (Fsp3) is 0.677. The van der Waals surface area contributed by atoms with E-state index in [4.69, 9.17) is 0 Å². The van der Waals surface area contributed by atoms with Crippen LogP contribution < -0.4 is 0 Å². The van der Waals surface area contributed by atoms with Crippen molar-refractivity contribution in [2.24, 2.45) is 34.5 Å². The molecule has 4 fully saturated rings. The Morgan fingerprint density at radius 1 is 0.750 bits per heavy atom. The number of benzene rings is 2. The maximum Gasteiger partial charge on any atom is 0.00922 e. The van der Waals surface area contributed by atoms with Crippen molar-refractivity contribution in [2.45, 2.75) is 83.6 Å². The minimum absolute atomic E-state index is 0.508. The lowest BCUT2D eigenvalue weighted by atomic mass is 9.44. The van der Waals surface area contributed by atoms with E-state index in [0.29, 0.717) is 10.8 Å². The lowest BCUT2D eigenvalue weighted by molar-refractivity contribution is -0.115. The Morgan fingerprint density at radius 2 is 1.50 bits per heavy atom. The van der Waals surface area contributed by atoms with E-state index in [9.17, 15) is 0 Å². The first-order valence-electron chi connectivity index (χ1n) is 13.6. The molecule has 0 unspecified atom stereocenters. The van der Waals surface area contributed by atoms with E-state index in [1.807, 2.05) is 0 Å². The van der Waals surface area contributed by atoms with Gasteiger partial charge in [-0.2, -0.15) is 0 Å². The van der Waals surface area contributed by atoms with Crippen molar-refractivity contribution >= 4 is 10.8 Å². The quantitative estimate of drug-likeness (QED) is 0.469. The van der Waals surface area contributed by atoms with Gasteiger partial charge in [0.2, 0.25) is 0 Å². The van der Waals surface area contributed by atoms with Crippen molar-refractivity contribution in [1.82, 2.24) is 4.90 Å². The van der Waals surface area contributed by atoms with Crippen LogP contribution in [0.5, 0.6) is 0 Å². The molecule has 2 aromatic rings. The first kappa shape index (κ1) is 21.2. The third kappa shape index (κ3) is 3.06. The Balaban J connectivity index is 1.27. The molecule has 1 nitrogen and oxygen atoms in total. The summed E-state index contributed by atoms with van der Waals surface area (Å²) >= 11 is 0. The van der Waals surface area contributed by atoms with Crippen LogP contribution >= 0.6 is 0 Å². The zero-order valence-electron chi connectivity index (χ0n) is 20.8. The number of fused-ring (bicyclic) bond motifs is 6. The van der Waals surface area contributed by atoms with Gasteiger partial charge in [-0.1, -0.05) is 56.3 Å². The average Bonchev–Trinajstić information content (AvgIpc) is 3.15. The van der Waals surface area contributed by atoms with E-state index in [0.717, 1.165) is 35.6 Å². The molecular weight excluding hydrogens is 386 g/mol. The smallest absolute Gasteiger partial charge is 0.00922 e. The Labute approximate surface area is 196 Å². The van der Waals surface area contributed by atoms with Crippen LogP contribution in [0.2, 0.25) is 0 Å². The molecule has 6 rings (SSSR count). The van der Waals surface area contributed by atoms with Gasteiger partial charge in [0.15, 0.2) is 0 Å². The van der Waals surface area contributed by atoms with Crippen LogP contribution in [0.25, 0.3) is 10.8 Å². The molecule has 4 aliphatic rings. The van der Waals surface area contributed by atoms with Gasteiger partial charge in [0.25, 0.3) is 0 Å². The molecule has 8 atom stereocenters. The summed E-state index contributed by atoms with van der Waals surface area (Å²) in [6.07, 6.45) is 13.2. The fourth-order valence-corrected chi connectivity index (χ4v) is 9.68. The Bertz CT molecular complexity index is 993. The van der Waals surface area contributed by atoms with Crippen LogP contribution in [0.4, 0.5) is 0 Å². The van der Waals surface area contributed by atoms with Crippen molar-refractivity contribution in [3.05, 3.63) is 48.0 Å². The summed E-state index contributed by atoms with van der Waals surface area (Å²) in [6.45, 7) is 5.41. The number of hydrogen-bond donors (Lipinski definition) is 0. The van der Waals surface area contributed by atoms with Crippen LogP contribution in [0.3, 0.4) is 0 Å². The van der Waals surface area contributed by atoms with E-state index in [-0.39, 0.29) is 0 Å². The minimum Gasteiger partial charge on any atom is -0.306 e. The zero-order chi connectivity index (χ0) is 22.1. The van der Waals surface area contributed by atoms with Gasteiger partial charge in [-0.05, 0) is 129 Å². The predicted molar refractivity (Wildman–Crippen MR) is 136 cm³/mol. The van der Waals surface area contributed by atoms with Crippen LogP contribution in [-0.4, -0.2) is 25.0 Å². The van der Waals surface area contributed by atoms with Gasteiger partial charge >= 0.3 is 0 Å². The lowest BCUT2D eigenvalue weighted by Crippen LogP contribution is -2.54. The molecule has 0 N–H and O–H groups in total.